The SMILES string of the molecule is CC#CCCNCc1cc(Br)cs1. The van der Waals surface area contributed by atoms with E-state index in [1.165, 1.54) is 9.35 Å². The molecule has 0 aliphatic carbocycles. The Bertz CT molecular complexity index is 308. The summed E-state index contributed by atoms with van der Waals surface area (Å²) in [5, 5.41) is 5.44. The third-order valence-electron chi connectivity index (χ3n) is 1.52. The molecule has 70 valence electrons. The molecule has 1 aromatic heterocycles. The van der Waals surface area contributed by atoms with Crippen molar-refractivity contribution >= 4 is 27.3 Å². The van der Waals surface area contributed by atoms with Crippen molar-refractivity contribution in [2.75, 3.05) is 6.54 Å². The summed E-state index contributed by atoms with van der Waals surface area (Å²) >= 11 is 5.19. The predicted molar refractivity (Wildman–Crippen MR) is 61.8 cm³/mol. The maximum atomic E-state index is 3.43. The molecule has 1 N–H and O–H groups in total. The predicted octanol–water partition coefficient (Wildman–Crippen LogP) is 3.01. The van der Waals surface area contributed by atoms with E-state index in [0.717, 1.165) is 19.5 Å². The average molecular weight is 258 g/mol. The molecule has 0 unspecified atom stereocenters. The van der Waals surface area contributed by atoms with E-state index >= 15 is 0 Å². The van der Waals surface area contributed by atoms with Gasteiger partial charge in [0.05, 0.1) is 0 Å². The lowest BCUT2D eigenvalue weighted by molar-refractivity contribution is 0.708. The lowest BCUT2D eigenvalue weighted by Crippen LogP contribution is -2.13. The van der Waals surface area contributed by atoms with Crippen molar-refractivity contribution in [2.45, 2.75) is 19.9 Å². The molecule has 1 heterocycles. The summed E-state index contributed by atoms with van der Waals surface area (Å²) in [6.07, 6.45) is 0.934. The molecule has 0 saturated carbocycles. The molecule has 0 aliphatic rings. The first-order valence-corrected chi connectivity index (χ1v) is 5.83. The smallest absolute Gasteiger partial charge is 0.0300 e. The van der Waals surface area contributed by atoms with Gasteiger partial charge in [0.15, 0.2) is 0 Å². The molecule has 0 amide bonds. The zero-order valence-electron chi connectivity index (χ0n) is 7.56. The summed E-state index contributed by atoms with van der Waals surface area (Å²) in [5.74, 6) is 5.90. The number of hydrogen-bond donors (Lipinski definition) is 1. The molecule has 0 spiro atoms. The van der Waals surface area contributed by atoms with Gasteiger partial charge >= 0.3 is 0 Å². The van der Waals surface area contributed by atoms with Gasteiger partial charge in [-0.15, -0.1) is 23.2 Å². The van der Waals surface area contributed by atoms with E-state index in [1.54, 1.807) is 11.3 Å². The first-order valence-electron chi connectivity index (χ1n) is 4.16. The van der Waals surface area contributed by atoms with E-state index in [-0.39, 0.29) is 0 Å². The van der Waals surface area contributed by atoms with Gasteiger partial charge in [0.2, 0.25) is 0 Å². The normalized spacial score (nSPS) is 9.38. The van der Waals surface area contributed by atoms with Gasteiger partial charge in [-0.1, -0.05) is 0 Å². The summed E-state index contributed by atoms with van der Waals surface area (Å²) in [4.78, 5) is 1.36. The molecule has 0 radical (unpaired) electrons. The van der Waals surface area contributed by atoms with Crippen LogP contribution in [0.5, 0.6) is 0 Å². The lowest BCUT2D eigenvalue weighted by Gasteiger charge is -1.97. The van der Waals surface area contributed by atoms with Gasteiger partial charge in [0, 0.05) is 34.2 Å². The average Bonchev–Trinajstić information content (AvgIpc) is 2.51. The van der Waals surface area contributed by atoms with Crippen molar-refractivity contribution < 1.29 is 0 Å². The van der Waals surface area contributed by atoms with Crippen LogP contribution in [0.25, 0.3) is 0 Å². The zero-order valence-corrected chi connectivity index (χ0v) is 9.96. The minimum absolute atomic E-state index is 0.934. The molecule has 3 heteroatoms. The number of thiophene rings is 1. The highest BCUT2D eigenvalue weighted by atomic mass is 79.9. The van der Waals surface area contributed by atoms with Gasteiger partial charge in [0.25, 0.3) is 0 Å². The van der Waals surface area contributed by atoms with Crippen molar-refractivity contribution in [1.82, 2.24) is 5.32 Å². The quantitative estimate of drug-likeness (QED) is 0.646. The molecule has 0 aliphatic heterocycles. The van der Waals surface area contributed by atoms with E-state index < -0.39 is 0 Å². The van der Waals surface area contributed by atoms with Gasteiger partial charge in [-0.25, -0.2) is 0 Å². The number of hydrogen-bond acceptors (Lipinski definition) is 2. The Kier molecular flexibility index (Phi) is 5.14. The van der Waals surface area contributed by atoms with Gasteiger partial charge in [-0.05, 0) is 28.9 Å². The second-order valence-electron chi connectivity index (χ2n) is 2.58. The van der Waals surface area contributed by atoms with Gasteiger partial charge < -0.3 is 5.32 Å². The van der Waals surface area contributed by atoms with E-state index in [9.17, 15) is 0 Å². The zero-order chi connectivity index (χ0) is 9.52. The van der Waals surface area contributed by atoms with Crippen LogP contribution in [0.15, 0.2) is 15.9 Å². The summed E-state index contributed by atoms with van der Waals surface area (Å²) in [6, 6.07) is 2.14. The number of nitrogens with one attached hydrogen (secondary N) is 1. The Morgan fingerprint density at radius 2 is 2.46 bits per heavy atom. The minimum atomic E-state index is 0.934. The maximum Gasteiger partial charge on any atom is 0.0300 e. The molecule has 1 aromatic rings. The Labute approximate surface area is 91.7 Å². The molecule has 0 atom stereocenters. The van der Waals surface area contributed by atoms with E-state index in [4.69, 9.17) is 0 Å². The minimum Gasteiger partial charge on any atom is -0.311 e. The Morgan fingerprint density at radius 3 is 3.08 bits per heavy atom. The Hall–Kier alpha value is -0.300. The van der Waals surface area contributed by atoms with Gasteiger partial charge in [0.1, 0.15) is 0 Å². The molecule has 0 aromatic carbocycles. The van der Waals surface area contributed by atoms with Crippen LogP contribution < -0.4 is 5.32 Å². The molecule has 1 nitrogen and oxygen atoms in total. The van der Waals surface area contributed by atoms with Gasteiger partial charge in [-0.2, -0.15) is 0 Å². The monoisotopic (exact) mass is 257 g/mol. The van der Waals surface area contributed by atoms with Crippen molar-refractivity contribution in [1.29, 1.82) is 0 Å². The first-order chi connectivity index (χ1) is 6.33. The molecule has 13 heavy (non-hydrogen) atoms. The standard InChI is InChI=1S/C10H12BrNS/c1-2-3-4-5-12-7-10-6-9(11)8-13-10/h6,8,12H,4-5,7H2,1H3. The van der Waals surface area contributed by atoms with Crippen LogP contribution in [0.3, 0.4) is 0 Å². The van der Waals surface area contributed by atoms with E-state index in [1.807, 2.05) is 6.92 Å². The van der Waals surface area contributed by atoms with Crippen LogP contribution in [0.4, 0.5) is 0 Å². The molecule has 0 saturated heterocycles. The van der Waals surface area contributed by atoms with Crippen LogP contribution in [0, 0.1) is 11.8 Å². The molecule has 1 rings (SSSR count). The fraction of sp³-hybridized carbons (Fsp3) is 0.400. The van der Waals surface area contributed by atoms with Gasteiger partial charge in [-0.3, -0.25) is 0 Å². The highest BCUT2D eigenvalue weighted by molar-refractivity contribution is 9.10. The van der Waals surface area contributed by atoms with Crippen molar-refractivity contribution in [2.24, 2.45) is 0 Å². The summed E-state index contributed by atoms with van der Waals surface area (Å²) < 4.78 is 1.17. The second kappa shape index (κ2) is 6.20. The Morgan fingerprint density at radius 1 is 1.62 bits per heavy atom. The maximum absolute atomic E-state index is 3.43. The largest absolute Gasteiger partial charge is 0.311 e. The number of halogens is 1. The van der Waals surface area contributed by atoms with Crippen molar-refractivity contribution in [3.63, 3.8) is 0 Å². The topological polar surface area (TPSA) is 12.0 Å². The van der Waals surface area contributed by atoms with Crippen LogP contribution in [-0.4, -0.2) is 6.54 Å². The summed E-state index contributed by atoms with van der Waals surface area (Å²) in [6.45, 7) is 3.79. The summed E-state index contributed by atoms with van der Waals surface area (Å²) in [5.41, 5.74) is 0. The first kappa shape index (κ1) is 10.8. The fourth-order valence-corrected chi connectivity index (χ4v) is 2.35. The van der Waals surface area contributed by atoms with Crippen LogP contribution in [-0.2, 0) is 6.54 Å². The fourth-order valence-electron chi connectivity index (χ4n) is 0.934. The highest BCUT2D eigenvalue weighted by Crippen LogP contribution is 2.19. The van der Waals surface area contributed by atoms with Crippen molar-refractivity contribution in [3.8, 4) is 11.8 Å². The van der Waals surface area contributed by atoms with Crippen molar-refractivity contribution in [3.05, 3.63) is 20.8 Å². The summed E-state index contributed by atoms with van der Waals surface area (Å²) in [7, 11) is 0. The van der Waals surface area contributed by atoms with Crippen LogP contribution in [0.1, 0.15) is 18.2 Å². The van der Waals surface area contributed by atoms with Crippen LogP contribution in [0.2, 0.25) is 0 Å². The lowest BCUT2D eigenvalue weighted by atomic mass is 10.4. The molecule has 0 bridgehead atoms. The van der Waals surface area contributed by atoms with E-state index in [2.05, 4.69) is 44.5 Å². The molecular weight excluding hydrogens is 246 g/mol. The third kappa shape index (κ3) is 4.47. The molecule has 0 fully saturated rings. The number of rotatable bonds is 4. The van der Waals surface area contributed by atoms with E-state index in [0.29, 0.717) is 0 Å². The third-order valence-corrected chi connectivity index (χ3v) is 3.22. The van der Waals surface area contributed by atoms with Crippen LogP contribution >= 0.6 is 27.3 Å². The Balaban J connectivity index is 2.15. The second-order valence-corrected chi connectivity index (χ2v) is 4.50. The highest BCUT2D eigenvalue weighted by Gasteiger charge is 1.95. The molecular formula is C10H12BrNS.